The highest BCUT2D eigenvalue weighted by Crippen LogP contribution is 2.10. The van der Waals surface area contributed by atoms with Crippen molar-refractivity contribution in [2.75, 3.05) is 13.2 Å². The number of nitrogens with one attached hydrogen (secondary N) is 6. The third-order valence-corrected chi connectivity index (χ3v) is 8.01. The lowest BCUT2D eigenvalue weighted by molar-refractivity contribution is -0.142. The van der Waals surface area contributed by atoms with Gasteiger partial charge in [0.05, 0.1) is 13.2 Å². The molecule has 0 aliphatic rings. The van der Waals surface area contributed by atoms with Crippen molar-refractivity contribution in [3.8, 4) is 0 Å². The molecule has 0 aliphatic heterocycles. The van der Waals surface area contributed by atoms with Gasteiger partial charge < -0.3 is 53.0 Å². The number of aliphatic hydroxyl groups excluding tert-OH is 2. The number of aliphatic hydroxyl groups is 2. The van der Waals surface area contributed by atoms with E-state index in [0.29, 0.717) is 11.1 Å². The van der Waals surface area contributed by atoms with E-state index >= 15 is 0 Å². The van der Waals surface area contributed by atoms with Crippen LogP contribution in [0.3, 0.4) is 0 Å². The number of nitrogens with two attached hydrogens (primary N) is 1. The standard InChI is InChI=1S/C36H51N7O10/c1-20(2)15-26(33(49)38-22(4)31(47)42-28(36(52)53)17-24-13-9-6-10-14-24)41-34(50)27(16-23-11-7-5-8-12-23)40-30(46)21(3)39-35(51)29(19-45)43-32(48)25(37)18-44/h5-14,20-22,25-29,44-45H,15-19,37H2,1-4H3,(H,38,49)(H,39,51)(H,40,46)(H,41,50)(H,42,47)(H,43,48)(H,52,53)/t21-,22-,25-,26-,27-,28-,29-/m0/s1. The van der Waals surface area contributed by atoms with Gasteiger partial charge >= 0.3 is 5.97 Å². The van der Waals surface area contributed by atoms with E-state index in [9.17, 15) is 43.8 Å². The third kappa shape index (κ3) is 15.0. The molecule has 0 saturated carbocycles. The van der Waals surface area contributed by atoms with Crippen LogP contribution in [0.2, 0.25) is 0 Å². The van der Waals surface area contributed by atoms with Crippen molar-refractivity contribution < 1.29 is 48.9 Å². The second-order valence-electron chi connectivity index (χ2n) is 13.0. The summed E-state index contributed by atoms with van der Waals surface area (Å²) >= 11 is 0. The monoisotopic (exact) mass is 741 g/mol. The van der Waals surface area contributed by atoms with Crippen LogP contribution >= 0.6 is 0 Å². The maximum atomic E-state index is 13.8. The van der Waals surface area contributed by atoms with Crippen LogP contribution in [0.4, 0.5) is 0 Å². The van der Waals surface area contributed by atoms with E-state index in [4.69, 9.17) is 10.8 Å². The van der Waals surface area contributed by atoms with Crippen molar-refractivity contribution in [2.24, 2.45) is 11.7 Å². The van der Waals surface area contributed by atoms with E-state index in [1.54, 1.807) is 60.7 Å². The second-order valence-corrected chi connectivity index (χ2v) is 13.0. The number of carbonyl (C=O) groups is 7. The van der Waals surface area contributed by atoms with E-state index in [2.05, 4.69) is 31.9 Å². The van der Waals surface area contributed by atoms with Crippen molar-refractivity contribution in [3.63, 3.8) is 0 Å². The minimum Gasteiger partial charge on any atom is -0.480 e. The number of amides is 6. The lowest BCUT2D eigenvalue weighted by Crippen LogP contribution is -2.60. The van der Waals surface area contributed by atoms with Crippen molar-refractivity contribution in [2.45, 2.75) is 89.3 Å². The normalized spacial score (nSPS) is 14.9. The molecule has 2 rings (SSSR count). The maximum Gasteiger partial charge on any atom is 0.326 e. The molecule has 11 N–H and O–H groups in total. The first-order valence-corrected chi connectivity index (χ1v) is 17.2. The zero-order valence-corrected chi connectivity index (χ0v) is 30.2. The van der Waals surface area contributed by atoms with Crippen LogP contribution in [0.5, 0.6) is 0 Å². The largest absolute Gasteiger partial charge is 0.480 e. The van der Waals surface area contributed by atoms with Crippen LogP contribution in [0.25, 0.3) is 0 Å². The Morgan fingerprint density at radius 2 is 0.925 bits per heavy atom. The summed E-state index contributed by atoms with van der Waals surface area (Å²) in [7, 11) is 0. The average molecular weight is 742 g/mol. The summed E-state index contributed by atoms with van der Waals surface area (Å²) in [5.41, 5.74) is 6.79. The van der Waals surface area contributed by atoms with Crippen molar-refractivity contribution >= 4 is 41.4 Å². The van der Waals surface area contributed by atoms with Crippen molar-refractivity contribution in [1.29, 1.82) is 0 Å². The lowest BCUT2D eigenvalue weighted by atomic mass is 10.0. The fourth-order valence-electron chi connectivity index (χ4n) is 4.99. The van der Waals surface area contributed by atoms with Crippen LogP contribution in [-0.2, 0) is 46.4 Å². The van der Waals surface area contributed by atoms with Gasteiger partial charge in [0.25, 0.3) is 0 Å². The van der Waals surface area contributed by atoms with Crippen molar-refractivity contribution in [1.82, 2.24) is 31.9 Å². The fraction of sp³-hybridized carbons (Fsp3) is 0.472. The van der Waals surface area contributed by atoms with Gasteiger partial charge in [0.2, 0.25) is 35.4 Å². The van der Waals surface area contributed by atoms with E-state index in [-0.39, 0.29) is 25.2 Å². The molecule has 290 valence electrons. The second kappa shape index (κ2) is 21.9. The first-order valence-electron chi connectivity index (χ1n) is 17.2. The molecule has 0 aromatic heterocycles. The molecule has 7 atom stereocenters. The molecule has 0 aliphatic carbocycles. The number of carboxylic acids is 1. The Kier molecular flexibility index (Phi) is 18.0. The number of aliphatic carboxylic acids is 1. The number of hydrogen-bond donors (Lipinski definition) is 10. The van der Waals surface area contributed by atoms with Crippen LogP contribution in [0, 0.1) is 5.92 Å². The molecule has 0 spiro atoms. The molecule has 53 heavy (non-hydrogen) atoms. The Bertz CT molecular complexity index is 1540. The molecule has 17 heteroatoms. The Balaban J connectivity index is 2.17. The van der Waals surface area contributed by atoms with Gasteiger partial charge in [0, 0.05) is 12.8 Å². The van der Waals surface area contributed by atoms with Crippen LogP contribution in [0.15, 0.2) is 60.7 Å². The van der Waals surface area contributed by atoms with Crippen LogP contribution < -0.4 is 37.6 Å². The quantitative estimate of drug-likeness (QED) is 0.0660. The van der Waals surface area contributed by atoms with Gasteiger partial charge in [-0.2, -0.15) is 0 Å². The van der Waals surface area contributed by atoms with Gasteiger partial charge in [-0.3, -0.25) is 28.8 Å². The first kappa shape index (κ1) is 43.8. The molecule has 0 saturated heterocycles. The molecule has 17 nitrogen and oxygen atoms in total. The van der Waals surface area contributed by atoms with E-state index in [1.165, 1.54) is 13.8 Å². The number of rotatable bonds is 21. The van der Waals surface area contributed by atoms with Gasteiger partial charge in [-0.25, -0.2) is 4.79 Å². The maximum absolute atomic E-state index is 13.8. The van der Waals surface area contributed by atoms with Crippen molar-refractivity contribution in [3.05, 3.63) is 71.8 Å². The minimum atomic E-state index is -1.49. The first-order chi connectivity index (χ1) is 25.1. The number of benzene rings is 2. The molecule has 0 heterocycles. The summed E-state index contributed by atoms with van der Waals surface area (Å²) in [6, 6.07) is 8.44. The molecule has 0 unspecified atom stereocenters. The van der Waals surface area contributed by atoms with E-state index in [1.807, 2.05) is 13.8 Å². The van der Waals surface area contributed by atoms with E-state index < -0.39 is 96.9 Å². The summed E-state index contributed by atoms with van der Waals surface area (Å²) in [6.07, 6.45) is 0.147. The highest BCUT2D eigenvalue weighted by atomic mass is 16.4. The lowest BCUT2D eigenvalue weighted by Gasteiger charge is -2.27. The van der Waals surface area contributed by atoms with Gasteiger partial charge in [-0.1, -0.05) is 74.5 Å². The Morgan fingerprint density at radius 3 is 1.36 bits per heavy atom. The van der Waals surface area contributed by atoms with Gasteiger partial charge in [-0.15, -0.1) is 0 Å². The third-order valence-electron chi connectivity index (χ3n) is 8.01. The summed E-state index contributed by atoms with van der Waals surface area (Å²) in [6.45, 7) is 4.79. The summed E-state index contributed by atoms with van der Waals surface area (Å²) in [5, 5.41) is 43.1. The minimum absolute atomic E-state index is 0.0136. The molecule has 6 amide bonds. The fourth-order valence-corrected chi connectivity index (χ4v) is 4.99. The SMILES string of the molecule is CC(C)C[C@H](NC(=O)[C@H](Cc1ccccc1)NC(=O)[C@H](C)NC(=O)[C@H](CO)NC(=O)[C@@H](N)CO)C(=O)N[C@@H](C)C(=O)N[C@@H](Cc1ccccc1)C(=O)O. The highest BCUT2D eigenvalue weighted by molar-refractivity contribution is 5.97. The Hall–Kier alpha value is -5.39. The van der Waals surface area contributed by atoms with Crippen LogP contribution in [0.1, 0.15) is 45.2 Å². The molecule has 0 bridgehead atoms. The topological polar surface area (TPSA) is 278 Å². The van der Waals surface area contributed by atoms with Crippen LogP contribution in [-0.4, -0.2) is 112 Å². The summed E-state index contributed by atoms with van der Waals surface area (Å²) in [4.78, 5) is 90.1. The number of hydrogen-bond acceptors (Lipinski definition) is 10. The van der Waals surface area contributed by atoms with Gasteiger partial charge in [-0.05, 0) is 37.3 Å². The average Bonchev–Trinajstić information content (AvgIpc) is 3.12. The number of carboxylic acid groups (broad SMARTS) is 1. The zero-order chi connectivity index (χ0) is 39.7. The highest BCUT2D eigenvalue weighted by Gasteiger charge is 2.32. The summed E-state index contributed by atoms with van der Waals surface area (Å²) < 4.78 is 0. The molecular weight excluding hydrogens is 690 g/mol. The van der Waals surface area contributed by atoms with E-state index in [0.717, 1.165) is 0 Å². The molecule has 0 fully saturated rings. The van der Waals surface area contributed by atoms with Gasteiger partial charge in [0.15, 0.2) is 0 Å². The molecule has 2 aromatic carbocycles. The summed E-state index contributed by atoms with van der Waals surface area (Å²) in [5.74, 6) is -6.21. The predicted molar refractivity (Wildman–Crippen MR) is 192 cm³/mol. The van der Waals surface area contributed by atoms with Gasteiger partial charge in [0.1, 0.15) is 42.3 Å². The smallest absolute Gasteiger partial charge is 0.326 e. The molecular formula is C36H51N7O10. The Labute approximate surface area is 307 Å². The number of carbonyl (C=O) groups excluding carboxylic acids is 6. The Morgan fingerprint density at radius 1 is 0.528 bits per heavy atom. The predicted octanol–water partition coefficient (Wildman–Crippen LogP) is -2.14. The zero-order valence-electron chi connectivity index (χ0n) is 30.2. The molecule has 0 radical (unpaired) electrons. The molecule has 2 aromatic rings.